The summed E-state index contributed by atoms with van der Waals surface area (Å²) in [6, 6.07) is 12.5. The monoisotopic (exact) mass is 341 g/mol. The molecule has 1 N–H and O–H groups in total. The second-order valence-corrected chi connectivity index (χ2v) is 5.40. The fourth-order valence-corrected chi connectivity index (χ4v) is 2.08. The summed E-state index contributed by atoms with van der Waals surface area (Å²) in [7, 11) is 0. The first-order valence-electron chi connectivity index (χ1n) is 5.73. The fourth-order valence-electron chi connectivity index (χ4n) is 1.62. The van der Waals surface area contributed by atoms with Gasteiger partial charge in [-0.05, 0) is 58.3 Å². The van der Waals surface area contributed by atoms with Gasteiger partial charge in [0.1, 0.15) is 5.76 Å². The average Bonchev–Trinajstić information content (AvgIpc) is 2.73. The molecule has 0 aliphatic rings. The maximum Gasteiger partial charge on any atom is 0.164 e. The Kier molecular flexibility index (Phi) is 4.10. The summed E-state index contributed by atoms with van der Waals surface area (Å²) < 4.78 is 6.42. The number of furan rings is 1. The molecule has 0 bridgehead atoms. The molecule has 0 saturated carbocycles. The smallest absolute Gasteiger partial charge is 0.164 e. The van der Waals surface area contributed by atoms with Crippen LogP contribution in [0, 0.1) is 3.77 Å². The summed E-state index contributed by atoms with van der Waals surface area (Å²) in [5.74, 6) is 1.54. The molecule has 0 atom stereocenters. The van der Waals surface area contributed by atoms with Gasteiger partial charge in [-0.15, -0.1) is 0 Å². The van der Waals surface area contributed by atoms with Gasteiger partial charge >= 0.3 is 0 Å². The van der Waals surface area contributed by atoms with Crippen molar-refractivity contribution in [3.05, 3.63) is 51.5 Å². The van der Waals surface area contributed by atoms with Gasteiger partial charge in [0.15, 0.2) is 3.77 Å². The molecule has 2 nitrogen and oxygen atoms in total. The van der Waals surface area contributed by atoms with Crippen LogP contribution in [-0.2, 0) is 6.54 Å². The van der Waals surface area contributed by atoms with E-state index in [1.165, 1.54) is 5.56 Å². The van der Waals surface area contributed by atoms with Crippen molar-refractivity contribution in [2.45, 2.75) is 26.3 Å². The predicted octanol–water partition coefficient (Wildman–Crippen LogP) is 4.62. The lowest BCUT2D eigenvalue weighted by molar-refractivity contribution is 0.493. The summed E-state index contributed by atoms with van der Waals surface area (Å²) in [6.45, 7) is 5.13. The zero-order valence-electron chi connectivity index (χ0n) is 10.0. The third-order valence-corrected chi connectivity index (χ3v) is 3.25. The Labute approximate surface area is 116 Å². The second kappa shape index (κ2) is 5.58. The third kappa shape index (κ3) is 3.49. The van der Waals surface area contributed by atoms with E-state index >= 15 is 0 Å². The Balaban J connectivity index is 1.95. The number of halogens is 1. The van der Waals surface area contributed by atoms with Gasteiger partial charge in [0.2, 0.25) is 0 Å². The standard InChI is InChI=1S/C14H16INO/c1-10(2)11-3-5-12(6-4-11)16-9-13-7-8-14(15)17-13/h3-8,10,16H,9H2,1-2H3. The highest BCUT2D eigenvalue weighted by Crippen LogP contribution is 2.18. The molecule has 17 heavy (non-hydrogen) atoms. The maximum atomic E-state index is 5.49. The van der Waals surface area contributed by atoms with Gasteiger partial charge in [-0.25, -0.2) is 0 Å². The second-order valence-electron chi connectivity index (χ2n) is 4.34. The number of anilines is 1. The van der Waals surface area contributed by atoms with Crippen LogP contribution < -0.4 is 5.32 Å². The Morgan fingerprint density at radius 1 is 1.12 bits per heavy atom. The lowest BCUT2D eigenvalue weighted by atomic mass is 10.0. The Bertz CT molecular complexity index is 473. The lowest BCUT2D eigenvalue weighted by Gasteiger charge is -2.08. The van der Waals surface area contributed by atoms with Crippen molar-refractivity contribution in [3.63, 3.8) is 0 Å². The zero-order valence-corrected chi connectivity index (χ0v) is 12.2. The normalized spacial score (nSPS) is 10.8. The molecule has 2 rings (SSSR count). The van der Waals surface area contributed by atoms with Gasteiger partial charge in [0.25, 0.3) is 0 Å². The summed E-state index contributed by atoms with van der Waals surface area (Å²) in [5, 5.41) is 3.34. The Morgan fingerprint density at radius 3 is 2.35 bits per heavy atom. The van der Waals surface area contributed by atoms with Crippen molar-refractivity contribution in [3.8, 4) is 0 Å². The quantitative estimate of drug-likeness (QED) is 0.821. The summed E-state index contributed by atoms with van der Waals surface area (Å²) in [4.78, 5) is 0. The summed E-state index contributed by atoms with van der Waals surface area (Å²) in [5.41, 5.74) is 2.49. The highest BCUT2D eigenvalue weighted by atomic mass is 127. The fraction of sp³-hybridized carbons (Fsp3) is 0.286. The van der Waals surface area contributed by atoms with E-state index in [1.54, 1.807) is 0 Å². The van der Waals surface area contributed by atoms with E-state index in [-0.39, 0.29) is 0 Å². The van der Waals surface area contributed by atoms with Gasteiger partial charge in [0.05, 0.1) is 6.54 Å². The van der Waals surface area contributed by atoms with E-state index in [0.717, 1.165) is 21.8 Å². The molecular weight excluding hydrogens is 325 g/mol. The molecular formula is C14H16INO. The van der Waals surface area contributed by atoms with Crippen LogP contribution in [0.3, 0.4) is 0 Å². The molecule has 0 amide bonds. The van der Waals surface area contributed by atoms with Crippen molar-refractivity contribution in [2.24, 2.45) is 0 Å². The molecule has 2 aromatic rings. The molecule has 3 heteroatoms. The number of hydrogen-bond acceptors (Lipinski definition) is 2. The first kappa shape index (κ1) is 12.5. The van der Waals surface area contributed by atoms with E-state index < -0.39 is 0 Å². The molecule has 0 unspecified atom stereocenters. The van der Waals surface area contributed by atoms with E-state index in [0.29, 0.717) is 5.92 Å². The minimum absolute atomic E-state index is 0.579. The van der Waals surface area contributed by atoms with Crippen LogP contribution in [0.25, 0.3) is 0 Å². The predicted molar refractivity (Wildman–Crippen MR) is 79.3 cm³/mol. The van der Waals surface area contributed by atoms with E-state index in [2.05, 4.69) is 66.0 Å². The van der Waals surface area contributed by atoms with Crippen LogP contribution >= 0.6 is 22.6 Å². The van der Waals surface area contributed by atoms with Gasteiger partial charge < -0.3 is 9.73 Å². The van der Waals surface area contributed by atoms with E-state index in [1.807, 2.05) is 12.1 Å². The molecule has 0 radical (unpaired) electrons. The Hall–Kier alpha value is -0.970. The lowest BCUT2D eigenvalue weighted by Crippen LogP contribution is -1.98. The largest absolute Gasteiger partial charge is 0.454 e. The average molecular weight is 341 g/mol. The van der Waals surface area contributed by atoms with E-state index in [4.69, 9.17) is 4.42 Å². The Morgan fingerprint density at radius 2 is 1.82 bits per heavy atom. The van der Waals surface area contributed by atoms with Crippen LogP contribution in [0.1, 0.15) is 31.1 Å². The van der Waals surface area contributed by atoms with Crippen LogP contribution in [0.2, 0.25) is 0 Å². The molecule has 0 aliphatic carbocycles. The minimum Gasteiger partial charge on any atom is -0.454 e. The SMILES string of the molecule is CC(C)c1ccc(NCc2ccc(I)o2)cc1. The first-order valence-corrected chi connectivity index (χ1v) is 6.81. The highest BCUT2D eigenvalue weighted by Gasteiger charge is 2.01. The van der Waals surface area contributed by atoms with Crippen molar-refractivity contribution in [1.29, 1.82) is 0 Å². The number of nitrogens with one attached hydrogen (secondary N) is 1. The van der Waals surface area contributed by atoms with E-state index in [9.17, 15) is 0 Å². The highest BCUT2D eigenvalue weighted by molar-refractivity contribution is 14.1. The topological polar surface area (TPSA) is 25.2 Å². The molecule has 0 fully saturated rings. The zero-order chi connectivity index (χ0) is 12.3. The molecule has 1 aromatic carbocycles. The minimum atomic E-state index is 0.579. The first-order chi connectivity index (χ1) is 8.15. The van der Waals surface area contributed by atoms with Gasteiger partial charge in [-0.2, -0.15) is 0 Å². The van der Waals surface area contributed by atoms with Gasteiger partial charge in [-0.3, -0.25) is 0 Å². The van der Waals surface area contributed by atoms with Crippen molar-refractivity contribution in [1.82, 2.24) is 0 Å². The van der Waals surface area contributed by atoms with Gasteiger partial charge in [0, 0.05) is 5.69 Å². The molecule has 0 aliphatic heterocycles. The number of benzene rings is 1. The van der Waals surface area contributed by atoms with Crippen LogP contribution in [0.5, 0.6) is 0 Å². The molecule has 1 heterocycles. The summed E-state index contributed by atoms with van der Waals surface area (Å²) >= 11 is 2.17. The molecule has 1 aromatic heterocycles. The van der Waals surface area contributed by atoms with Crippen LogP contribution in [0.4, 0.5) is 5.69 Å². The molecule has 0 spiro atoms. The van der Waals surface area contributed by atoms with Crippen LogP contribution in [0.15, 0.2) is 40.8 Å². The maximum absolute atomic E-state index is 5.49. The van der Waals surface area contributed by atoms with Crippen molar-refractivity contribution in [2.75, 3.05) is 5.32 Å². The number of rotatable bonds is 4. The van der Waals surface area contributed by atoms with Crippen molar-refractivity contribution >= 4 is 28.3 Å². The number of hydrogen-bond donors (Lipinski definition) is 1. The summed E-state index contributed by atoms with van der Waals surface area (Å²) in [6.07, 6.45) is 0. The van der Waals surface area contributed by atoms with Crippen LogP contribution in [-0.4, -0.2) is 0 Å². The molecule has 90 valence electrons. The van der Waals surface area contributed by atoms with Gasteiger partial charge in [-0.1, -0.05) is 26.0 Å². The molecule has 0 saturated heterocycles. The van der Waals surface area contributed by atoms with Crippen molar-refractivity contribution < 1.29 is 4.42 Å². The third-order valence-electron chi connectivity index (χ3n) is 2.67.